The van der Waals surface area contributed by atoms with Gasteiger partial charge in [-0.05, 0) is 37.6 Å². The predicted octanol–water partition coefficient (Wildman–Crippen LogP) is 4.44. The van der Waals surface area contributed by atoms with Crippen molar-refractivity contribution in [3.63, 3.8) is 0 Å². The lowest BCUT2D eigenvalue weighted by molar-refractivity contribution is 0.378. The van der Waals surface area contributed by atoms with Crippen LogP contribution >= 0.6 is 28.0 Å². The van der Waals surface area contributed by atoms with Crippen LogP contribution in [0, 0.1) is 0 Å². The lowest BCUT2D eigenvalue weighted by Crippen LogP contribution is -1.86. The molecule has 0 bridgehead atoms. The average Bonchev–Trinajstić information content (AvgIpc) is 2.15. The van der Waals surface area contributed by atoms with Gasteiger partial charge in [-0.15, -0.1) is 6.58 Å². The highest BCUT2D eigenvalue weighted by molar-refractivity contribution is 9.10. The standard InChI is InChI=1S/C11H13BrOS/c1-9(2)7-8-13-14-11-5-3-10(12)4-6-11/h3-6H,1,7-8H2,2H3. The smallest absolute Gasteiger partial charge is 0.0655 e. The van der Waals surface area contributed by atoms with E-state index in [1.165, 1.54) is 12.0 Å². The van der Waals surface area contributed by atoms with Crippen molar-refractivity contribution in [2.45, 2.75) is 18.2 Å². The second-order valence-electron chi connectivity index (χ2n) is 3.07. The molecule has 3 heteroatoms. The molecule has 0 saturated carbocycles. The molecule has 0 aliphatic carbocycles. The Morgan fingerprint density at radius 1 is 1.43 bits per heavy atom. The summed E-state index contributed by atoms with van der Waals surface area (Å²) in [5.74, 6) is 0. The quantitative estimate of drug-likeness (QED) is 0.445. The summed E-state index contributed by atoms with van der Waals surface area (Å²) in [4.78, 5) is 1.12. The Kier molecular flexibility index (Phi) is 5.30. The molecular weight excluding hydrogens is 260 g/mol. The van der Waals surface area contributed by atoms with Crippen LogP contribution in [0.3, 0.4) is 0 Å². The van der Waals surface area contributed by atoms with Gasteiger partial charge in [0.15, 0.2) is 0 Å². The van der Waals surface area contributed by atoms with Gasteiger partial charge in [0, 0.05) is 21.4 Å². The van der Waals surface area contributed by atoms with Crippen molar-refractivity contribution in [3.8, 4) is 0 Å². The van der Waals surface area contributed by atoms with Gasteiger partial charge in [-0.1, -0.05) is 21.5 Å². The van der Waals surface area contributed by atoms with Gasteiger partial charge in [0.1, 0.15) is 0 Å². The molecule has 1 aromatic rings. The van der Waals surface area contributed by atoms with Crippen LogP contribution in [0.25, 0.3) is 0 Å². The van der Waals surface area contributed by atoms with Crippen molar-refractivity contribution >= 4 is 28.0 Å². The summed E-state index contributed by atoms with van der Waals surface area (Å²) in [5.41, 5.74) is 1.15. The molecule has 1 rings (SSSR count). The van der Waals surface area contributed by atoms with Crippen molar-refractivity contribution in [2.75, 3.05) is 6.61 Å². The van der Waals surface area contributed by atoms with Crippen molar-refractivity contribution < 1.29 is 4.18 Å². The molecule has 0 N–H and O–H groups in total. The van der Waals surface area contributed by atoms with Crippen molar-refractivity contribution in [2.24, 2.45) is 0 Å². The van der Waals surface area contributed by atoms with E-state index in [1.54, 1.807) is 0 Å². The van der Waals surface area contributed by atoms with Crippen LogP contribution in [0.15, 0.2) is 45.8 Å². The number of benzene rings is 1. The van der Waals surface area contributed by atoms with Gasteiger partial charge >= 0.3 is 0 Å². The highest BCUT2D eigenvalue weighted by atomic mass is 79.9. The number of rotatable bonds is 5. The van der Waals surface area contributed by atoms with Gasteiger partial charge in [0.05, 0.1) is 6.61 Å². The summed E-state index contributed by atoms with van der Waals surface area (Å²) in [5, 5.41) is 0. The largest absolute Gasteiger partial charge is 0.310 e. The van der Waals surface area contributed by atoms with Crippen LogP contribution in [0.1, 0.15) is 13.3 Å². The molecule has 0 amide bonds. The van der Waals surface area contributed by atoms with E-state index >= 15 is 0 Å². The first kappa shape index (κ1) is 11.8. The fraction of sp³-hybridized carbons (Fsp3) is 0.273. The lowest BCUT2D eigenvalue weighted by atomic mass is 10.3. The predicted molar refractivity (Wildman–Crippen MR) is 65.4 cm³/mol. The Labute approximate surface area is 97.9 Å². The monoisotopic (exact) mass is 272 g/mol. The number of hydrogen-bond donors (Lipinski definition) is 0. The van der Waals surface area contributed by atoms with E-state index in [2.05, 4.69) is 22.5 Å². The SMILES string of the molecule is C=C(C)CCOSc1ccc(Br)cc1. The minimum atomic E-state index is 0.718. The third-order valence-corrected chi connectivity index (χ3v) is 2.86. The van der Waals surface area contributed by atoms with Crippen LogP contribution in [0.5, 0.6) is 0 Å². The molecule has 0 radical (unpaired) electrons. The Balaban J connectivity index is 2.25. The summed E-state index contributed by atoms with van der Waals surface area (Å²) >= 11 is 4.79. The maximum atomic E-state index is 5.41. The summed E-state index contributed by atoms with van der Waals surface area (Å²) in [6.07, 6.45) is 0.920. The molecule has 76 valence electrons. The second-order valence-corrected chi connectivity index (χ2v) is 4.86. The van der Waals surface area contributed by atoms with Crippen LogP contribution in [-0.4, -0.2) is 6.61 Å². The molecule has 14 heavy (non-hydrogen) atoms. The van der Waals surface area contributed by atoms with Gasteiger partial charge in [0.2, 0.25) is 0 Å². The first-order chi connectivity index (χ1) is 6.68. The zero-order valence-corrected chi connectivity index (χ0v) is 10.5. The third kappa shape index (κ3) is 4.84. The minimum absolute atomic E-state index is 0.718. The Hall–Kier alpha value is -0.250. The summed E-state index contributed by atoms with van der Waals surface area (Å²) < 4.78 is 6.50. The molecule has 0 heterocycles. The Morgan fingerprint density at radius 3 is 2.64 bits per heavy atom. The van der Waals surface area contributed by atoms with Crippen LogP contribution in [0.2, 0.25) is 0 Å². The van der Waals surface area contributed by atoms with Gasteiger partial charge < -0.3 is 4.18 Å². The molecular formula is C11H13BrOS. The maximum Gasteiger partial charge on any atom is 0.0655 e. The van der Waals surface area contributed by atoms with E-state index < -0.39 is 0 Å². The first-order valence-corrected chi connectivity index (χ1v) is 5.91. The summed E-state index contributed by atoms with van der Waals surface area (Å²) in [7, 11) is 0. The van der Waals surface area contributed by atoms with Gasteiger partial charge in [-0.25, -0.2) is 0 Å². The van der Waals surface area contributed by atoms with Crippen LogP contribution in [-0.2, 0) is 4.18 Å². The molecule has 0 saturated heterocycles. The average molecular weight is 273 g/mol. The van der Waals surface area contributed by atoms with E-state index in [1.807, 2.05) is 31.2 Å². The molecule has 0 fully saturated rings. The maximum absolute atomic E-state index is 5.41. The fourth-order valence-electron chi connectivity index (χ4n) is 0.816. The van der Waals surface area contributed by atoms with Crippen molar-refractivity contribution in [1.82, 2.24) is 0 Å². The first-order valence-electron chi connectivity index (χ1n) is 4.38. The highest BCUT2D eigenvalue weighted by Gasteiger charge is 1.94. The minimum Gasteiger partial charge on any atom is -0.310 e. The van der Waals surface area contributed by atoms with E-state index in [0.29, 0.717) is 0 Å². The third-order valence-electron chi connectivity index (χ3n) is 1.58. The second kappa shape index (κ2) is 6.27. The van der Waals surface area contributed by atoms with Crippen molar-refractivity contribution in [3.05, 3.63) is 40.9 Å². The molecule has 0 aliphatic rings. The molecule has 0 atom stereocenters. The molecule has 1 aromatic carbocycles. The molecule has 0 spiro atoms. The van der Waals surface area contributed by atoms with E-state index in [9.17, 15) is 0 Å². The zero-order chi connectivity index (χ0) is 10.4. The Bertz CT molecular complexity index is 295. The normalized spacial score (nSPS) is 10.1. The molecule has 0 aliphatic heterocycles. The van der Waals surface area contributed by atoms with E-state index in [-0.39, 0.29) is 0 Å². The summed E-state index contributed by atoms with van der Waals surface area (Å²) in [6.45, 7) is 6.54. The zero-order valence-electron chi connectivity index (χ0n) is 8.13. The summed E-state index contributed by atoms with van der Waals surface area (Å²) in [6, 6.07) is 8.06. The van der Waals surface area contributed by atoms with Gasteiger partial charge in [-0.3, -0.25) is 0 Å². The fourth-order valence-corrected chi connectivity index (χ4v) is 1.63. The van der Waals surface area contributed by atoms with E-state index in [0.717, 1.165) is 28.0 Å². The van der Waals surface area contributed by atoms with E-state index in [4.69, 9.17) is 4.18 Å². The lowest BCUT2D eigenvalue weighted by Gasteiger charge is -2.02. The Morgan fingerprint density at radius 2 is 2.07 bits per heavy atom. The van der Waals surface area contributed by atoms with Crippen molar-refractivity contribution in [1.29, 1.82) is 0 Å². The number of hydrogen-bond acceptors (Lipinski definition) is 2. The van der Waals surface area contributed by atoms with Crippen LogP contribution in [0.4, 0.5) is 0 Å². The molecule has 1 nitrogen and oxygen atoms in total. The molecule has 0 unspecified atom stereocenters. The van der Waals surface area contributed by atoms with Crippen LogP contribution < -0.4 is 0 Å². The topological polar surface area (TPSA) is 9.23 Å². The highest BCUT2D eigenvalue weighted by Crippen LogP contribution is 2.21. The van der Waals surface area contributed by atoms with Gasteiger partial charge in [0.25, 0.3) is 0 Å². The molecule has 0 aromatic heterocycles. The number of halogens is 1. The van der Waals surface area contributed by atoms with Gasteiger partial charge in [-0.2, -0.15) is 0 Å².